The van der Waals surface area contributed by atoms with E-state index in [1.807, 2.05) is 23.5 Å². The molecule has 0 bridgehead atoms. The first-order chi connectivity index (χ1) is 14.7. The van der Waals surface area contributed by atoms with E-state index in [4.69, 9.17) is 5.26 Å². The molecular weight excluding hydrogens is 388 g/mol. The van der Waals surface area contributed by atoms with Gasteiger partial charge < -0.3 is 10.6 Å². The Morgan fingerprint density at radius 1 is 1.10 bits per heavy atom. The van der Waals surface area contributed by atoms with Crippen LogP contribution in [0, 0.1) is 11.3 Å². The third kappa shape index (κ3) is 3.52. The Kier molecular flexibility index (Phi) is 4.88. The molecule has 0 radical (unpaired) electrons. The van der Waals surface area contributed by atoms with E-state index in [1.54, 1.807) is 0 Å². The Morgan fingerprint density at radius 3 is 2.73 bits per heavy atom. The largest absolute Gasteiger partial charge is 0.372 e. The Labute approximate surface area is 180 Å². The van der Waals surface area contributed by atoms with Gasteiger partial charge in [-0.15, -0.1) is 11.3 Å². The minimum absolute atomic E-state index is 0.0670. The highest BCUT2D eigenvalue weighted by Crippen LogP contribution is 2.38. The van der Waals surface area contributed by atoms with Gasteiger partial charge in [0.15, 0.2) is 0 Å². The van der Waals surface area contributed by atoms with E-state index >= 15 is 0 Å². The fraction of sp³-hybridized carbons (Fsp3) is 0.160. The Balaban J connectivity index is 1.48. The van der Waals surface area contributed by atoms with Crippen LogP contribution >= 0.6 is 11.3 Å². The molecule has 1 atom stereocenters. The number of hydrogen-bond donors (Lipinski definition) is 2. The summed E-state index contributed by atoms with van der Waals surface area (Å²) in [6, 6.07) is 27.8. The summed E-state index contributed by atoms with van der Waals surface area (Å²) in [5, 5.41) is 17.4. The van der Waals surface area contributed by atoms with Crippen molar-refractivity contribution >= 4 is 32.8 Å². The smallest absolute Gasteiger partial charge is 0.109 e. The van der Waals surface area contributed by atoms with Crippen LogP contribution < -0.4 is 10.6 Å². The van der Waals surface area contributed by atoms with E-state index in [9.17, 15) is 0 Å². The summed E-state index contributed by atoms with van der Waals surface area (Å²) < 4.78 is 1.31. The van der Waals surface area contributed by atoms with Crippen molar-refractivity contribution in [3.05, 3.63) is 83.9 Å². The SMILES string of the molecule is CN1CNc2ccc(-c3cc4ccccc4s3)cc2C1Nc1ccc(CC#N)cc1. The number of nitrogens with zero attached hydrogens (tertiary/aromatic N) is 2. The molecule has 1 unspecified atom stereocenters. The molecular formula is C25H22N4S. The predicted octanol–water partition coefficient (Wildman–Crippen LogP) is 6.06. The highest BCUT2D eigenvalue weighted by Gasteiger charge is 2.25. The van der Waals surface area contributed by atoms with E-state index in [0.29, 0.717) is 6.42 Å². The second kappa shape index (κ2) is 7.83. The molecule has 5 heteroatoms. The molecule has 0 aliphatic carbocycles. The number of benzene rings is 3. The standard InChI is InChI=1S/C25H22N4S/c1-29-16-27-22-11-8-19(24-15-18-4-2-3-5-23(18)30-24)14-21(22)25(29)28-20-9-6-17(7-10-20)12-13-26/h2-11,14-15,25,27-28H,12,16H2,1H3. The summed E-state index contributed by atoms with van der Waals surface area (Å²) >= 11 is 1.83. The first kappa shape index (κ1) is 18.7. The maximum absolute atomic E-state index is 8.88. The third-order valence-corrected chi connectivity index (χ3v) is 6.72. The average Bonchev–Trinajstić information content (AvgIpc) is 3.21. The highest BCUT2D eigenvalue weighted by molar-refractivity contribution is 7.22. The normalized spacial score (nSPS) is 15.9. The first-order valence-electron chi connectivity index (χ1n) is 10.0. The summed E-state index contributed by atoms with van der Waals surface area (Å²) in [5.41, 5.74) is 5.72. The van der Waals surface area contributed by atoms with E-state index in [2.05, 4.69) is 89.3 Å². The van der Waals surface area contributed by atoms with Crippen molar-refractivity contribution in [3.63, 3.8) is 0 Å². The van der Waals surface area contributed by atoms with Crippen LogP contribution in [0.15, 0.2) is 72.8 Å². The number of nitriles is 1. The molecule has 148 valence electrons. The summed E-state index contributed by atoms with van der Waals surface area (Å²) in [6.45, 7) is 0.777. The maximum atomic E-state index is 8.88. The lowest BCUT2D eigenvalue weighted by atomic mass is 10.0. The molecule has 1 aromatic heterocycles. The molecule has 4 aromatic rings. The Hall–Kier alpha value is -3.33. The summed E-state index contributed by atoms with van der Waals surface area (Å²) in [4.78, 5) is 3.55. The van der Waals surface area contributed by atoms with Crippen molar-refractivity contribution in [1.29, 1.82) is 5.26 Å². The highest BCUT2D eigenvalue weighted by atomic mass is 32.1. The number of anilines is 2. The first-order valence-corrected chi connectivity index (χ1v) is 10.8. The van der Waals surface area contributed by atoms with Crippen LogP contribution in [0.2, 0.25) is 0 Å². The lowest BCUT2D eigenvalue weighted by molar-refractivity contribution is 0.278. The van der Waals surface area contributed by atoms with Gasteiger partial charge in [-0.1, -0.05) is 36.4 Å². The zero-order valence-electron chi connectivity index (χ0n) is 16.7. The van der Waals surface area contributed by atoms with Crippen molar-refractivity contribution < 1.29 is 0 Å². The molecule has 3 aromatic carbocycles. The quantitative estimate of drug-likeness (QED) is 0.429. The molecule has 1 aliphatic rings. The van der Waals surface area contributed by atoms with Gasteiger partial charge in [-0.25, -0.2) is 0 Å². The van der Waals surface area contributed by atoms with E-state index in [1.165, 1.54) is 26.1 Å². The van der Waals surface area contributed by atoms with E-state index in [-0.39, 0.29) is 6.17 Å². The number of fused-ring (bicyclic) bond motifs is 2. The zero-order chi connectivity index (χ0) is 20.5. The van der Waals surface area contributed by atoms with Gasteiger partial charge in [0.05, 0.1) is 19.2 Å². The van der Waals surface area contributed by atoms with Crippen molar-refractivity contribution in [1.82, 2.24) is 4.90 Å². The van der Waals surface area contributed by atoms with Crippen molar-refractivity contribution in [2.24, 2.45) is 0 Å². The van der Waals surface area contributed by atoms with Crippen LogP contribution in [0.4, 0.5) is 11.4 Å². The Morgan fingerprint density at radius 2 is 1.93 bits per heavy atom. The summed E-state index contributed by atoms with van der Waals surface area (Å²) in [6.07, 6.45) is 0.506. The second-order valence-electron chi connectivity index (χ2n) is 7.62. The minimum atomic E-state index is 0.0670. The molecule has 0 saturated heterocycles. The number of rotatable bonds is 4. The van der Waals surface area contributed by atoms with Crippen LogP contribution in [-0.4, -0.2) is 18.6 Å². The molecule has 0 fully saturated rings. The Bertz CT molecular complexity index is 1200. The molecule has 4 nitrogen and oxygen atoms in total. The van der Waals surface area contributed by atoms with Gasteiger partial charge in [0.2, 0.25) is 0 Å². The fourth-order valence-corrected chi connectivity index (χ4v) is 4.98. The third-order valence-electron chi connectivity index (χ3n) is 5.56. The molecule has 0 saturated carbocycles. The molecule has 0 amide bonds. The van der Waals surface area contributed by atoms with Crippen LogP contribution in [0.25, 0.3) is 20.5 Å². The lowest BCUT2D eigenvalue weighted by Crippen LogP contribution is -2.38. The van der Waals surface area contributed by atoms with Crippen LogP contribution in [0.5, 0.6) is 0 Å². The van der Waals surface area contributed by atoms with Gasteiger partial charge in [-0.05, 0) is 60.0 Å². The molecule has 1 aliphatic heterocycles. The van der Waals surface area contributed by atoms with Gasteiger partial charge in [-0.3, -0.25) is 4.90 Å². The average molecular weight is 411 g/mol. The number of nitrogens with one attached hydrogen (secondary N) is 2. The van der Waals surface area contributed by atoms with Crippen molar-refractivity contribution in [2.45, 2.75) is 12.6 Å². The van der Waals surface area contributed by atoms with Crippen LogP contribution in [-0.2, 0) is 6.42 Å². The number of hydrogen-bond acceptors (Lipinski definition) is 5. The van der Waals surface area contributed by atoms with E-state index in [0.717, 1.165) is 23.6 Å². The number of thiophene rings is 1. The van der Waals surface area contributed by atoms with Gasteiger partial charge in [0, 0.05) is 26.5 Å². The van der Waals surface area contributed by atoms with Gasteiger partial charge in [-0.2, -0.15) is 5.26 Å². The topological polar surface area (TPSA) is 51.1 Å². The molecule has 2 N–H and O–H groups in total. The predicted molar refractivity (Wildman–Crippen MR) is 126 cm³/mol. The molecule has 30 heavy (non-hydrogen) atoms. The second-order valence-corrected chi connectivity index (χ2v) is 8.70. The fourth-order valence-electron chi connectivity index (χ4n) is 3.92. The zero-order valence-corrected chi connectivity index (χ0v) is 17.5. The van der Waals surface area contributed by atoms with E-state index < -0.39 is 0 Å². The summed E-state index contributed by atoms with van der Waals surface area (Å²) in [7, 11) is 2.11. The van der Waals surface area contributed by atoms with Crippen LogP contribution in [0.3, 0.4) is 0 Å². The monoisotopic (exact) mass is 410 g/mol. The van der Waals surface area contributed by atoms with Crippen LogP contribution in [0.1, 0.15) is 17.3 Å². The molecule has 0 spiro atoms. The maximum Gasteiger partial charge on any atom is 0.109 e. The van der Waals surface area contributed by atoms with Gasteiger partial charge in [0.25, 0.3) is 0 Å². The summed E-state index contributed by atoms with van der Waals surface area (Å²) in [5.74, 6) is 0. The van der Waals surface area contributed by atoms with Gasteiger partial charge in [0.1, 0.15) is 6.17 Å². The van der Waals surface area contributed by atoms with Crippen molar-refractivity contribution in [2.75, 3.05) is 24.3 Å². The van der Waals surface area contributed by atoms with Gasteiger partial charge >= 0.3 is 0 Å². The lowest BCUT2D eigenvalue weighted by Gasteiger charge is -2.36. The minimum Gasteiger partial charge on any atom is -0.372 e. The molecule has 2 heterocycles. The molecule has 5 rings (SSSR count). The van der Waals surface area contributed by atoms with Crippen molar-refractivity contribution in [3.8, 4) is 16.5 Å².